The van der Waals surface area contributed by atoms with Crippen LogP contribution in [0.4, 0.5) is 5.69 Å². The van der Waals surface area contributed by atoms with Gasteiger partial charge < -0.3 is 10.2 Å². The Balaban J connectivity index is 2.13. The van der Waals surface area contributed by atoms with Gasteiger partial charge in [0.2, 0.25) is 21.8 Å². The zero-order chi connectivity index (χ0) is 25.1. The molecule has 1 N–H and O–H groups in total. The molecule has 0 aliphatic rings. The largest absolute Gasteiger partial charge is 0.354 e. The van der Waals surface area contributed by atoms with Gasteiger partial charge in [-0.2, -0.15) is 0 Å². The van der Waals surface area contributed by atoms with E-state index in [1.54, 1.807) is 36.1 Å². The number of aryl methyl sites for hydroxylation is 1. The van der Waals surface area contributed by atoms with Crippen molar-refractivity contribution < 1.29 is 18.0 Å². The fourth-order valence-corrected chi connectivity index (χ4v) is 4.65. The van der Waals surface area contributed by atoms with Gasteiger partial charge in [0.25, 0.3) is 0 Å². The van der Waals surface area contributed by atoms with Gasteiger partial charge in [-0.05, 0) is 49.9 Å². The fraction of sp³-hybridized carbons (Fsp3) is 0.462. The first-order chi connectivity index (χ1) is 16.1. The molecule has 0 spiro atoms. The molecular weight excluding hydrogens is 450 g/mol. The first kappa shape index (κ1) is 27.4. The molecular formula is C26H37N3O4S. The van der Waals surface area contributed by atoms with Crippen molar-refractivity contribution in [3.63, 3.8) is 0 Å². The van der Waals surface area contributed by atoms with Crippen LogP contribution in [0.3, 0.4) is 0 Å². The Kier molecular flexibility index (Phi) is 10.6. The Morgan fingerprint density at radius 3 is 2.26 bits per heavy atom. The second kappa shape index (κ2) is 13.1. The molecule has 2 amide bonds. The molecule has 8 heteroatoms. The molecule has 34 heavy (non-hydrogen) atoms. The lowest BCUT2D eigenvalue weighted by Crippen LogP contribution is -2.48. The highest BCUT2D eigenvalue weighted by molar-refractivity contribution is 7.92. The van der Waals surface area contributed by atoms with E-state index in [-0.39, 0.29) is 24.8 Å². The summed E-state index contributed by atoms with van der Waals surface area (Å²) < 4.78 is 26.0. The van der Waals surface area contributed by atoms with Crippen molar-refractivity contribution in [2.24, 2.45) is 0 Å². The van der Waals surface area contributed by atoms with E-state index >= 15 is 0 Å². The van der Waals surface area contributed by atoms with E-state index in [0.29, 0.717) is 25.2 Å². The predicted octanol–water partition coefficient (Wildman–Crippen LogP) is 3.87. The van der Waals surface area contributed by atoms with Crippen LogP contribution >= 0.6 is 0 Å². The van der Waals surface area contributed by atoms with Crippen molar-refractivity contribution in [3.05, 3.63) is 65.7 Å². The Labute approximate surface area is 204 Å². The fourth-order valence-electron chi connectivity index (χ4n) is 3.69. The van der Waals surface area contributed by atoms with Crippen molar-refractivity contribution in [2.75, 3.05) is 23.7 Å². The molecule has 0 bridgehead atoms. The van der Waals surface area contributed by atoms with Crippen LogP contribution in [0.2, 0.25) is 0 Å². The van der Waals surface area contributed by atoms with Gasteiger partial charge in [-0.3, -0.25) is 13.9 Å². The zero-order valence-electron chi connectivity index (χ0n) is 20.7. The second-order valence-electron chi connectivity index (χ2n) is 8.54. The van der Waals surface area contributed by atoms with Crippen molar-refractivity contribution >= 4 is 27.5 Å². The summed E-state index contributed by atoms with van der Waals surface area (Å²) in [5.74, 6) is -0.361. The third-order valence-corrected chi connectivity index (χ3v) is 6.99. The average Bonchev–Trinajstić information content (AvgIpc) is 2.80. The number of benzene rings is 2. The van der Waals surface area contributed by atoms with Gasteiger partial charge in [0.1, 0.15) is 6.04 Å². The monoisotopic (exact) mass is 487 g/mol. The molecule has 0 unspecified atom stereocenters. The second-order valence-corrected chi connectivity index (χ2v) is 10.4. The van der Waals surface area contributed by atoms with Gasteiger partial charge in [0.15, 0.2) is 0 Å². The SMILES string of the molecule is CCCCNC(=O)[C@H](C)N(Cc1ccccc1C)C(=O)CCCN(c1ccccc1)S(C)(=O)=O. The maximum absolute atomic E-state index is 13.3. The molecule has 2 rings (SSSR count). The van der Waals surface area contributed by atoms with Gasteiger partial charge in [0.05, 0.1) is 11.9 Å². The van der Waals surface area contributed by atoms with E-state index < -0.39 is 16.1 Å². The molecule has 2 aromatic rings. The minimum atomic E-state index is -3.49. The number of nitrogens with zero attached hydrogens (tertiary/aromatic N) is 2. The minimum Gasteiger partial charge on any atom is -0.354 e. The summed E-state index contributed by atoms with van der Waals surface area (Å²) in [6.45, 7) is 6.86. The number of anilines is 1. The van der Waals surface area contributed by atoms with Crippen molar-refractivity contribution in [2.45, 2.75) is 59.0 Å². The third-order valence-electron chi connectivity index (χ3n) is 5.80. The summed E-state index contributed by atoms with van der Waals surface area (Å²) in [6, 6.07) is 16.0. The summed E-state index contributed by atoms with van der Waals surface area (Å²) in [7, 11) is -3.49. The number of rotatable bonds is 13. The van der Waals surface area contributed by atoms with E-state index in [4.69, 9.17) is 0 Å². The number of sulfonamides is 1. The normalized spacial score (nSPS) is 12.1. The quantitative estimate of drug-likeness (QED) is 0.435. The zero-order valence-corrected chi connectivity index (χ0v) is 21.5. The summed E-state index contributed by atoms with van der Waals surface area (Å²) in [5.41, 5.74) is 2.59. The molecule has 0 radical (unpaired) electrons. The molecule has 7 nitrogen and oxygen atoms in total. The number of carbonyl (C=O) groups excluding carboxylic acids is 2. The number of para-hydroxylation sites is 1. The van der Waals surface area contributed by atoms with Crippen LogP contribution in [0.25, 0.3) is 0 Å². The van der Waals surface area contributed by atoms with Crippen LogP contribution < -0.4 is 9.62 Å². The highest BCUT2D eigenvalue weighted by Crippen LogP contribution is 2.19. The number of amides is 2. The van der Waals surface area contributed by atoms with E-state index in [1.165, 1.54) is 4.31 Å². The first-order valence-electron chi connectivity index (χ1n) is 11.8. The van der Waals surface area contributed by atoms with Gasteiger partial charge in [-0.25, -0.2) is 8.42 Å². The van der Waals surface area contributed by atoms with Gasteiger partial charge in [0, 0.05) is 26.1 Å². The highest BCUT2D eigenvalue weighted by Gasteiger charge is 2.26. The number of hydrogen-bond donors (Lipinski definition) is 1. The van der Waals surface area contributed by atoms with E-state index in [9.17, 15) is 18.0 Å². The lowest BCUT2D eigenvalue weighted by molar-refractivity contribution is -0.140. The molecule has 1 atom stereocenters. The Bertz CT molecular complexity index is 1040. The van der Waals surface area contributed by atoms with E-state index in [0.717, 1.165) is 30.2 Å². The van der Waals surface area contributed by atoms with Crippen LogP contribution in [0, 0.1) is 6.92 Å². The van der Waals surface area contributed by atoms with Crippen LogP contribution in [0.15, 0.2) is 54.6 Å². The lowest BCUT2D eigenvalue weighted by Gasteiger charge is -2.30. The number of carbonyl (C=O) groups is 2. The van der Waals surface area contributed by atoms with Crippen LogP contribution in [0.1, 0.15) is 50.7 Å². The highest BCUT2D eigenvalue weighted by atomic mass is 32.2. The minimum absolute atomic E-state index is 0.136. The van der Waals surface area contributed by atoms with E-state index in [1.807, 2.05) is 37.3 Å². The Hall–Kier alpha value is -2.87. The number of hydrogen-bond acceptors (Lipinski definition) is 4. The predicted molar refractivity (Wildman–Crippen MR) is 137 cm³/mol. The smallest absolute Gasteiger partial charge is 0.242 e. The lowest BCUT2D eigenvalue weighted by atomic mass is 10.1. The average molecular weight is 488 g/mol. The first-order valence-corrected chi connectivity index (χ1v) is 13.6. The van der Waals surface area contributed by atoms with E-state index in [2.05, 4.69) is 12.2 Å². The molecule has 0 fully saturated rings. The number of nitrogens with one attached hydrogen (secondary N) is 1. The van der Waals surface area contributed by atoms with Crippen LogP contribution in [-0.4, -0.2) is 50.5 Å². The molecule has 0 heterocycles. The molecule has 0 aromatic heterocycles. The van der Waals surface area contributed by atoms with Gasteiger partial charge >= 0.3 is 0 Å². The molecule has 2 aromatic carbocycles. The van der Waals surface area contributed by atoms with Crippen LogP contribution in [-0.2, 0) is 26.2 Å². The van der Waals surface area contributed by atoms with Crippen molar-refractivity contribution in [3.8, 4) is 0 Å². The molecule has 0 aliphatic heterocycles. The summed E-state index contributed by atoms with van der Waals surface area (Å²) >= 11 is 0. The van der Waals surface area contributed by atoms with Crippen LogP contribution in [0.5, 0.6) is 0 Å². The molecule has 186 valence electrons. The molecule has 0 aliphatic carbocycles. The maximum Gasteiger partial charge on any atom is 0.242 e. The van der Waals surface area contributed by atoms with Gasteiger partial charge in [-0.1, -0.05) is 55.8 Å². The molecule has 0 saturated carbocycles. The maximum atomic E-state index is 13.3. The standard InChI is InChI=1S/C26H37N3O4S/c1-5-6-18-27-26(31)22(3)28(20-23-14-11-10-13-21(23)2)25(30)17-12-19-29(34(4,32)33)24-15-8-7-9-16-24/h7-11,13-16,22H,5-6,12,17-20H2,1-4H3,(H,27,31)/t22-/m0/s1. The topological polar surface area (TPSA) is 86.8 Å². The Morgan fingerprint density at radius 2 is 1.65 bits per heavy atom. The summed E-state index contributed by atoms with van der Waals surface area (Å²) in [4.78, 5) is 27.6. The van der Waals surface area contributed by atoms with Crippen molar-refractivity contribution in [1.82, 2.24) is 10.2 Å². The van der Waals surface area contributed by atoms with Crippen molar-refractivity contribution in [1.29, 1.82) is 0 Å². The number of unbranched alkanes of at least 4 members (excludes halogenated alkanes) is 1. The van der Waals surface area contributed by atoms with Gasteiger partial charge in [-0.15, -0.1) is 0 Å². The summed E-state index contributed by atoms with van der Waals surface area (Å²) in [6.07, 6.45) is 3.49. The molecule has 0 saturated heterocycles. The third kappa shape index (κ3) is 8.17. The Morgan fingerprint density at radius 1 is 1.00 bits per heavy atom. The summed E-state index contributed by atoms with van der Waals surface area (Å²) in [5, 5.41) is 2.91.